The molecule has 1 aliphatic heterocycles. The molecule has 6 nitrogen and oxygen atoms in total. The molecule has 17 heavy (non-hydrogen) atoms. The van der Waals surface area contributed by atoms with Crippen molar-refractivity contribution in [2.24, 2.45) is 16.9 Å². The maximum atomic E-state index is 11.4. The Labute approximate surface area is 100 Å². The van der Waals surface area contributed by atoms with Crippen LogP contribution in [0.3, 0.4) is 0 Å². The molecule has 1 unspecified atom stereocenters. The van der Waals surface area contributed by atoms with Crippen LogP contribution in [0.4, 0.5) is 5.82 Å². The summed E-state index contributed by atoms with van der Waals surface area (Å²) in [6.45, 7) is 3.56. The van der Waals surface area contributed by atoms with Gasteiger partial charge in [-0.15, -0.1) is 0 Å². The van der Waals surface area contributed by atoms with Gasteiger partial charge in [-0.2, -0.15) is 0 Å². The molecular formula is C11H17N5O. The van der Waals surface area contributed by atoms with Crippen molar-refractivity contribution >= 4 is 11.7 Å². The molecule has 1 atom stereocenters. The third-order valence-electron chi connectivity index (χ3n) is 3.31. The Morgan fingerprint density at radius 3 is 2.82 bits per heavy atom. The van der Waals surface area contributed by atoms with E-state index >= 15 is 0 Å². The van der Waals surface area contributed by atoms with Crippen molar-refractivity contribution in [3.8, 4) is 0 Å². The van der Waals surface area contributed by atoms with E-state index in [4.69, 9.17) is 11.5 Å². The SMILES string of the molecule is CC1(C(N)=O)CCN(c2nccnc2CN)C1. The van der Waals surface area contributed by atoms with E-state index in [1.807, 2.05) is 11.8 Å². The Morgan fingerprint density at radius 1 is 1.53 bits per heavy atom. The van der Waals surface area contributed by atoms with Crippen molar-refractivity contribution in [3.05, 3.63) is 18.1 Å². The van der Waals surface area contributed by atoms with Crippen LogP contribution in [0, 0.1) is 5.41 Å². The summed E-state index contributed by atoms with van der Waals surface area (Å²) in [6, 6.07) is 0. The van der Waals surface area contributed by atoms with Crippen molar-refractivity contribution in [3.63, 3.8) is 0 Å². The van der Waals surface area contributed by atoms with Crippen LogP contribution in [0.25, 0.3) is 0 Å². The minimum atomic E-state index is -0.483. The first-order valence-electron chi connectivity index (χ1n) is 5.61. The minimum Gasteiger partial charge on any atom is -0.369 e. The second kappa shape index (κ2) is 4.29. The highest BCUT2D eigenvalue weighted by Crippen LogP contribution is 2.32. The lowest BCUT2D eigenvalue weighted by molar-refractivity contribution is -0.125. The number of nitrogens with two attached hydrogens (primary N) is 2. The smallest absolute Gasteiger partial charge is 0.225 e. The molecule has 6 heteroatoms. The number of hydrogen-bond donors (Lipinski definition) is 2. The lowest BCUT2D eigenvalue weighted by Crippen LogP contribution is -2.37. The van der Waals surface area contributed by atoms with E-state index in [1.165, 1.54) is 0 Å². The summed E-state index contributed by atoms with van der Waals surface area (Å²) in [4.78, 5) is 21.9. The predicted octanol–water partition coefficient (Wildman–Crippen LogP) is -0.363. The highest BCUT2D eigenvalue weighted by molar-refractivity contribution is 5.82. The Hall–Kier alpha value is -1.69. The summed E-state index contributed by atoms with van der Waals surface area (Å²) in [5.74, 6) is 0.498. The molecule has 4 N–H and O–H groups in total. The third-order valence-corrected chi connectivity index (χ3v) is 3.31. The van der Waals surface area contributed by atoms with E-state index in [0.29, 0.717) is 13.1 Å². The highest BCUT2D eigenvalue weighted by Gasteiger charge is 2.39. The van der Waals surface area contributed by atoms with Gasteiger partial charge in [0.1, 0.15) is 0 Å². The summed E-state index contributed by atoms with van der Waals surface area (Å²) in [6.07, 6.45) is 3.99. The van der Waals surface area contributed by atoms with Crippen LogP contribution < -0.4 is 16.4 Å². The largest absolute Gasteiger partial charge is 0.369 e. The Morgan fingerprint density at radius 2 is 2.24 bits per heavy atom. The number of primary amides is 1. The van der Waals surface area contributed by atoms with E-state index in [9.17, 15) is 4.79 Å². The van der Waals surface area contributed by atoms with Crippen LogP contribution in [0.5, 0.6) is 0 Å². The number of hydrogen-bond acceptors (Lipinski definition) is 5. The zero-order valence-corrected chi connectivity index (χ0v) is 9.89. The molecule has 1 amide bonds. The first-order chi connectivity index (χ1) is 8.07. The maximum absolute atomic E-state index is 11.4. The Bertz CT molecular complexity index is 436. The first kappa shape index (κ1) is 11.8. The Kier molecular flexibility index (Phi) is 2.97. The van der Waals surface area contributed by atoms with Crippen LogP contribution in [-0.4, -0.2) is 29.0 Å². The quantitative estimate of drug-likeness (QED) is 0.745. The molecule has 0 aliphatic carbocycles. The van der Waals surface area contributed by atoms with E-state index in [-0.39, 0.29) is 5.91 Å². The molecule has 2 heterocycles. The summed E-state index contributed by atoms with van der Waals surface area (Å²) in [7, 11) is 0. The molecule has 1 aromatic heterocycles. The summed E-state index contributed by atoms with van der Waals surface area (Å²) in [5.41, 5.74) is 11.3. The molecule has 1 aromatic rings. The first-order valence-corrected chi connectivity index (χ1v) is 5.61. The number of nitrogens with zero attached hydrogens (tertiary/aromatic N) is 3. The van der Waals surface area contributed by atoms with E-state index in [0.717, 1.165) is 24.5 Å². The zero-order valence-electron chi connectivity index (χ0n) is 9.89. The molecule has 1 aliphatic rings. The van der Waals surface area contributed by atoms with Crippen LogP contribution >= 0.6 is 0 Å². The lowest BCUT2D eigenvalue weighted by atomic mass is 9.89. The predicted molar refractivity (Wildman–Crippen MR) is 64.1 cm³/mol. The molecule has 0 bridgehead atoms. The fraction of sp³-hybridized carbons (Fsp3) is 0.545. The van der Waals surface area contributed by atoms with Gasteiger partial charge in [0.15, 0.2) is 5.82 Å². The molecule has 92 valence electrons. The van der Waals surface area contributed by atoms with Gasteiger partial charge in [-0.3, -0.25) is 9.78 Å². The van der Waals surface area contributed by atoms with Crippen LogP contribution in [0.1, 0.15) is 19.0 Å². The van der Waals surface area contributed by atoms with Gasteiger partial charge >= 0.3 is 0 Å². The number of anilines is 1. The third kappa shape index (κ3) is 2.08. The average Bonchev–Trinajstić information content (AvgIpc) is 2.73. The topological polar surface area (TPSA) is 98.1 Å². The Balaban J connectivity index is 2.23. The van der Waals surface area contributed by atoms with Crippen molar-refractivity contribution in [2.75, 3.05) is 18.0 Å². The second-order valence-corrected chi connectivity index (χ2v) is 4.63. The second-order valence-electron chi connectivity index (χ2n) is 4.63. The molecule has 0 saturated carbocycles. The molecule has 0 radical (unpaired) electrons. The van der Waals surface area contributed by atoms with Crippen LogP contribution in [-0.2, 0) is 11.3 Å². The summed E-state index contributed by atoms with van der Waals surface area (Å²) >= 11 is 0. The molecule has 1 fully saturated rings. The highest BCUT2D eigenvalue weighted by atomic mass is 16.1. The van der Waals surface area contributed by atoms with Crippen molar-refractivity contribution in [1.29, 1.82) is 0 Å². The lowest BCUT2D eigenvalue weighted by Gasteiger charge is -2.22. The van der Waals surface area contributed by atoms with E-state index < -0.39 is 5.41 Å². The fourth-order valence-electron chi connectivity index (χ4n) is 2.11. The van der Waals surface area contributed by atoms with Crippen molar-refractivity contribution in [1.82, 2.24) is 9.97 Å². The normalized spacial score (nSPS) is 24.0. The number of carbonyl (C=O) groups excluding carboxylic acids is 1. The van der Waals surface area contributed by atoms with Gasteiger partial charge in [-0.25, -0.2) is 4.98 Å². The number of rotatable bonds is 3. The number of amides is 1. The van der Waals surface area contributed by atoms with Gasteiger partial charge in [-0.1, -0.05) is 0 Å². The summed E-state index contributed by atoms with van der Waals surface area (Å²) in [5, 5.41) is 0. The van der Waals surface area contributed by atoms with Crippen LogP contribution in [0.2, 0.25) is 0 Å². The number of aromatic nitrogens is 2. The average molecular weight is 235 g/mol. The molecule has 1 saturated heterocycles. The maximum Gasteiger partial charge on any atom is 0.225 e. The molecule has 2 rings (SSSR count). The standard InChI is InChI=1S/C11H17N5O/c1-11(10(13)17)2-5-16(7-11)9-8(6-12)14-3-4-15-9/h3-4H,2,5-7,12H2,1H3,(H2,13,17). The minimum absolute atomic E-state index is 0.266. The van der Waals surface area contributed by atoms with E-state index in [1.54, 1.807) is 12.4 Å². The van der Waals surface area contributed by atoms with E-state index in [2.05, 4.69) is 9.97 Å². The molecular weight excluding hydrogens is 218 g/mol. The monoisotopic (exact) mass is 235 g/mol. The molecule has 0 aromatic carbocycles. The fourth-order valence-corrected chi connectivity index (χ4v) is 2.11. The molecule has 0 spiro atoms. The van der Waals surface area contributed by atoms with Crippen LogP contribution in [0.15, 0.2) is 12.4 Å². The van der Waals surface area contributed by atoms with Gasteiger partial charge in [0, 0.05) is 32.0 Å². The van der Waals surface area contributed by atoms with Gasteiger partial charge in [0.25, 0.3) is 0 Å². The summed E-state index contributed by atoms with van der Waals surface area (Å²) < 4.78 is 0. The van der Waals surface area contributed by atoms with Gasteiger partial charge < -0.3 is 16.4 Å². The zero-order chi connectivity index (χ0) is 12.5. The van der Waals surface area contributed by atoms with Gasteiger partial charge in [-0.05, 0) is 13.3 Å². The van der Waals surface area contributed by atoms with Crippen molar-refractivity contribution < 1.29 is 4.79 Å². The van der Waals surface area contributed by atoms with Gasteiger partial charge in [0.2, 0.25) is 5.91 Å². The number of carbonyl (C=O) groups is 1. The van der Waals surface area contributed by atoms with Crippen molar-refractivity contribution in [2.45, 2.75) is 19.9 Å². The van der Waals surface area contributed by atoms with Gasteiger partial charge in [0.05, 0.1) is 11.1 Å².